The SMILES string of the molecule is O=C(CN(C(=O)c1cc(Cl)cc(Cl)c1)C1CC1)N(CCc1c[nH]c2ccccc12)Cc1ccccc1. The van der Waals surface area contributed by atoms with E-state index in [4.69, 9.17) is 23.2 Å². The van der Waals surface area contributed by atoms with Gasteiger partial charge in [-0.2, -0.15) is 0 Å². The van der Waals surface area contributed by atoms with E-state index in [2.05, 4.69) is 11.1 Å². The normalized spacial score (nSPS) is 13.1. The van der Waals surface area contributed by atoms with E-state index in [-0.39, 0.29) is 24.4 Å². The fourth-order valence-electron chi connectivity index (χ4n) is 4.53. The summed E-state index contributed by atoms with van der Waals surface area (Å²) >= 11 is 12.3. The van der Waals surface area contributed by atoms with Crippen LogP contribution in [0, 0.1) is 0 Å². The first kappa shape index (κ1) is 24.4. The lowest BCUT2D eigenvalue weighted by molar-refractivity contribution is -0.132. The van der Waals surface area contributed by atoms with Crippen LogP contribution in [-0.4, -0.2) is 45.7 Å². The third kappa shape index (κ3) is 5.75. The number of rotatable bonds is 9. The van der Waals surface area contributed by atoms with Gasteiger partial charge in [-0.1, -0.05) is 71.7 Å². The summed E-state index contributed by atoms with van der Waals surface area (Å²) in [6.07, 6.45) is 4.51. The molecule has 1 fully saturated rings. The maximum atomic E-state index is 13.7. The van der Waals surface area contributed by atoms with Gasteiger partial charge in [0.15, 0.2) is 0 Å². The highest BCUT2D eigenvalue weighted by Crippen LogP contribution is 2.30. The average Bonchev–Trinajstić information content (AvgIpc) is 3.64. The Morgan fingerprint density at radius 1 is 0.917 bits per heavy atom. The number of nitrogens with one attached hydrogen (secondary N) is 1. The summed E-state index contributed by atoms with van der Waals surface area (Å²) in [6.45, 7) is 1.05. The maximum Gasteiger partial charge on any atom is 0.254 e. The number of amides is 2. The van der Waals surface area contributed by atoms with E-state index in [1.807, 2.05) is 59.6 Å². The van der Waals surface area contributed by atoms with Gasteiger partial charge in [0, 0.05) is 51.8 Å². The van der Waals surface area contributed by atoms with Crippen LogP contribution in [0.5, 0.6) is 0 Å². The van der Waals surface area contributed by atoms with Crippen molar-refractivity contribution in [1.82, 2.24) is 14.8 Å². The largest absolute Gasteiger partial charge is 0.361 e. The van der Waals surface area contributed by atoms with Crippen LogP contribution < -0.4 is 0 Å². The number of fused-ring (bicyclic) bond motifs is 1. The van der Waals surface area contributed by atoms with Gasteiger partial charge in [-0.3, -0.25) is 9.59 Å². The third-order valence-corrected chi connectivity index (χ3v) is 6.99. The summed E-state index contributed by atoms with van der Waals surface area (Å²) in [5.41, 5.74) is 3.70. The van der Waals surface area contributed by atoms with Crippen molar-refractivity contribution >= 4 is 45.9 Å². The van der Waals surface area contributed by atoms with Gasteiger partial charge in [-0.05, 0) is 54.7 Å². The topological polar surface area (TPSA) is 56.4 Å². The van der Waals surface area contributed by atoms with Crippen LogP contribution in [0.3, 0.4) is 0 Å². The van der Waals surface area contributed by atoms with E-state index in [0.717, 1.165) is 29.3 Å². The smallest absolute Gasteiger partial charge is 0.254 e. The number of benzene rings is 3. The number of aromatic nitrogens is 1. The minimum atomic E-state index is -0.216. The van der Waals surface area contributed by atoms with E-state index in [1.165, 1.54) is 5.56 Å². The predicted molar refractivity (Wildman–Crippen MR) is 144 cm³/mol. The highest BCUT2D eigenvalue weighted by molar-refractivity contribution is 6.35. The molecule has 0 radical (unpaired) electrons. The molecule has 184 valence electrons. The fourth-order valence-corrected chi connectivity index (χ4v) is 5.06. The van der Waals surface area contributed by atoms with Gasteiger partial charge >= 0.3 is 0 Å². The lowest BCUT2D eigenvalue weighted by atomic mass is 10.1. The number of carbonyl (C=O) groups excluding carboxylic acids is 2. The standard InChI is InChI=1S/C29H27Cl2N3O2/c30-23-14-22(15-24(31)16-23)29(36)34(25-10-11-25)19-28(35)33(18-20-6-2-1-3-7-20)13-12-21-17-32-27-9-5-4-8-26(21)27/h1-9,14-17,25,32H,10-13,18-19H2. The van der Waals surface area contributed by atoms with Crippen molar-refractivity contribution in [1.29, 1.82) is 0 Å². The number of aromatic amines is 1. The van der Waals surface area contributed by atoms with Crippen molar-refractivity contribution in [2.75, 3.05) is 13.1 Å². The first-order valence-corrected chi connectivity index (χ1v) is 12.9. The molecule has 1 saturated carbocycles. The highest BCUT2D eigenvalue weighted by atomic mass is 35.5. The van der Waals surface area contributed by atoms with Crippen LogP contribution in [0.4, 0.5) is 0 Å². The minimum absolute atomic E-state index is 0.0222. The molecule has 0 bridgehead atoms. The summed E-state index contributed by atoms with van der Waals surface area (Å²) in [5.74, 6) is -0.293. The van der Waals surface area contributed by atoms with Crippen LogP contribution in [0.2, 0.25) is 10.0 Å². The Bertz CT molecular complexity index is 1360. The zero-order chi connectivity index (χ0) is 25.1. The molecular weight excluding hydrogens is 493 g/mol. The molecule has 5 nitrogen and oxygen atoms in total. The van der Waals surface area contributed by atoms with E-state index < -0.39 is 0 Å². The molecule has 0 aliphatic heterocycles. The monoisotopic (exact) mass is 519 g/mol. The van der Waals surface area contributed by atoms with Crippen molar-refractivity contribution in [3.63, 3.8) is 0 Å². The summed E-state index contributed by atoms with van der Waals surface area (Å²) < 4.78 is 0. The summed E-state index contributed by atoms with van der Waals surface area (Å²) in [4.78, 5) is 33.9. The molecule has 36 heavy (non-hydrogen) atoms. The van der Waals surface area contributed by atoms with Crippen LogP contribution in [0.1, 0.15) is 34.3 Å². The zero-order valence-corrected chi connectivity index (χ0v) is 21.3. The van der Waals surface area contributed by atoms with E-state index >= 15 is 0 Å². The number of carbonyl (C=O) groups is 2. The van der Waals surface area contributed by atoms with E-state index in [9.17, 15) is 9.59 Å². The lowest BCUT2D eigenvalue weighted by Gasteiger charge is -2.28. The first-order chi connectivity index (χ1) is 17.5. The van der Waals surface area contributed by atoms with Gasteiger partial charge in [0.2, 0.25) is 5.91 Å². The Labute approximate surface area is 220 Å². The number of halogens is 2. The molecule has 3 aromatic carbocycles. The van der Waals surface area contributed by atoms with Crippen molar-refractivity contribution in [3.05, 3.63) is 106 Å². The molecule has 4 aromatic rings. The Morgan fingerprint density at radius 3 is 2.33 bits per heavy atom. The minimum Gasteiger partial charge on any atom is -0.361 e. The van der Waals surface area contributed by atoms with Gasteiger partial charge in [-0.15, -0.1) is 0 Å². The van der Waals surface area contributed by atoms with Crippen LogP contribution >= 0.6 is 23.2 Å². The summed E-state index contributed by atoms with van der Waals surface area (Å²) in [7, 11) is 0. The third-order valence-electron chi connectivity index (χ3n) is 6.56. The van der Waals surface area contributed by atoms with Crippen LogP contribution in [0.25, 0.3) is 10.9 Å². The number of H-pyrrole nitrogens is 1. The zero-order valence-electron chi connectivity index (χ0n) is 19.8. The van der Waals surface area contributed by atoms with Gasteiger partial charge in [-0.25, -0.2) is 0 Å². The van der Waals surface area contributed by atoms with Crippen molar-refractivity contribution < 1.29 is 9.59 Å². The van der Waals surface area contributed by atoms with Crippen LogP contribution in [0.15, 0.2) is 79.0 Å². The van der Waals surface area contributed by atoms with E-state index in [1.54, 1.807) is 23.1 Å². The molecule has 1 aliphatic carbocycles. The quantitative estimate of drug-likeness (QED) is 0.280. The lowest BCUT2D eigenvalue weighted by Crippen LogP contribution is -2.44. The molecule has 0 unspecified atom stereocenters. The van der Waals surface area contributed by atoms with Gasteiger partial charge in [0.05, 0.1) is 0 Å². The summed E-state index contributed by atoms with van der Waals surface area (Å²) in [6, 6.07) is 23.0. The Morgan fingerprint density at radius 2 is 1.61 bits per heavy atom. The molecule has 1 heterocycles. The molecule has 0 atom stereocenters. The van der Waals surface area contributed by atoms with Gasteiger partial charge in [0.25, 0.3) is 5.91 Å². The Balaban J connectivity index is 1.35. The summed E-state index contributed by atoms with van der Waals surface area (Å²) in [5, 5.41) is 1.96. The number of nitrogens with zero attached hydrogens (tertiary/aromatic N) is 2. The number of hydrogen-bond donors (Lipinski definition) is 1. The first-order valence-electron chi connectivity index (χ1n) is 12.1. The molecule has 1 N–H and O–H groups in total. The second-order valence-corrected chi connectivity index (χ2v) is 10.1. The molecule has 1 aliphatic rings. The Hall–Kier alpha value is -3.28. The van der Waals surface area contributed by atoms with Gasteiger partial charge in [0.1, 0.15) is 6.54 Å². The van der Waals surface area contributed by atoms with Gasteiger partial charge < -0.3 is 14.8 Å². The average molecular weight is 520 g/mol. The molecule has 7 heteroatoms. The van der Waals surface area contributed by atoms with Crippen LogP contribution in [-0.2, 0) is 17.8 Å². The Kier molecular flexibility index (Phi) is 7.30. The molecule has 1 aromatic heterocycles. The van der Waals surface area contributed by atoms with E-state index in [0.29, 0.717) is 35.1 Å². The van der Waals surface area contributed by atoms with Crippen molar-refractivity contribution in [2.24, 2.45) is 0 Å². The fraction of sp³-hybridized carbons (Fsp3) is 0.241. The number of para-hydroxylation sites is 1. The van der Waals surface area contributed by atoms with Crippen molar-refractivity contribution in [3.8, 4) is 0 Å². The van der Waals surface area contributed by atoms with Crippen molar-refractivity contribution in [2.45, 2.75) is 31.8 Å². The molecule has 0 spiro atoms. The maximum absolute atomic E-state index is 13.7. The second-order valence-electron chi connectivity index (χ2n) is 9.23. The highest BCUT2D eigenvalue weighted by Gasteiger charge is 2.35. The molecule has 0 saturated heterocycles. The predicted octanol–water partition coefficient (Wildman–Crippen LogP) is 6.35. The molecule has 5 rings (SSSR count). The second kappa shape index (κ2) is 10.8. The molecular formula is C29H27Cl2N3O2. The number of hydrogen-bond acceptors (Lipinski definition) is 2. The molecule has 2 amide bonds.